The molecule has 0 unspecified atom stereocenters. The third-order valence-electron chi connectivity index (χ3n) is 7.86. The summed E-state index contributed by atoms with van der Waals surface area (Å²) in [6.45, 7) is 11.6. The van der Waals surface area contributed by atoms with E-state index in [4.69, 9.17) is 11.6 Å². The Labute approximate surface area is 251 Å². The lowest BCUT2D eigenvalue weighted by atomic mass is 9.84. The zero-order chi connectivity index (χ0) is 29.7. The van der Waals surface area contributed by atoms with E-state index < -0.39 is 0 Å². The maximum absolute atomic E-state index is 13.1. The maximum Gasteiger partial charge on any atom is 0.326 e. The molecule has 0 atom stereocenters. The van der Waals surface area contributed by atoms with Crippen LogP contribution in [0, 0.1) is 0 Å². The number of piperidine rings is 1. The number of carbonyl (C=O) groups is 2. The number of urea groups is 1. The number of hydrogen-bond acceptors (Lipinski definition) is 4. The molecule has 2 aromatic carbocycles. The zero-order valence-electron chi connectivity index (χ0n) is 24.1. The number of nitrogens with one attached hydrogen (secondary N) is 3. The summed E-state index contributed by atoms with van der Waals surface area (Å²) in [5.41, 5.74) is 4.39. The van der Waals surface area contributed by atoms with Crippen molar-refractivity contribution >= 4 is 45.9 Å². The highest BCUT2D eigenvalue weighted by Gasteiger charge is 2.20. The van der Waals surface area contributed by atoms with Crippen molar-refractivity contribution in [3.8, 4) is 11.1 Å². The summed E-state index contributed by atoms with van der Waals surface area (Å²) in [5, 5.41) is 10.3. The van der Waals surface area contributed by atoms with E-state index in [0.29, 0.717) is 22.9 Å². The van der Waals surface area contributed by atoms with Gasteiger partial charge in [0.05, 0.1) is 5.52 Å². The van der Waals surface area contributed by atoms with Crippen molar-refractivity contribution in [2.75, 3.05) is 36.8 Å². The quantitative estimate of drug-likeness (QED) is 0.187. The van der Waals surface area contributed by atoms with Gasteiger partial charge in [0, 0.05) is 64.4 Å². The molecule has 1 aliphatic rings. The molecule has 3 amide bonds. The third kappa shape index (κ3) is 6.66. The van der Waals surface area contributed by atoms with Gasteiger partial charge in [-0.1, -0.05) is 50.1 Å². The molecule has 0 saturated carbocycles. The number of anilines is 2. The van der Waals surface area contributed by atoms with Gasteiger partial charge in [-0.25, -0.2) is 9.59 Å². The molecule has 218 valence electrons. The smallest absolute Gasteiger partial charge is 0.326 e. The van der Waals surface area contributed by atoms with Crippen molar-refractivity contribution in [2.24, 2.45) is 0 Å². The molecule has 3 heterocycles. The van der Waals surface area contributed by atoms with E-state index in [1.165, 1.54) is 19.3 Å². The Bertz CT molecular complexity index is 1590. The molecule has 8 nitrogen and oxygen atoms in total. The Kier molecular flexibility index (Phi) is 8.94. The van der Waals surface area contributed by atoms with Crippen molar-refractivity contribution in [2.45, 2.75) is 38.5 Å². The average Bonchev–Trinajstić information content (AvgIpc) is 3.39. The molecule has 0 aliphatic carbocycles. The number of allylic oxidation sites excluding steroid dienone is 1. The number of nitrogens with zero attached hydrogens (tertiary/aromatic N) is 3. The highest BCUT2D eigenvalue weighted by atomic mass is 35.5. The van der Waals surface area contributed by atoms with Gasteiger partial charge >= 0.3 is 12.1 Å². The second-order valence-corrected chi connectivity index (χ2v) is 11.6. The van der Waals surface area contributed by atoms with E-state index in [2.05, 4.69) is 32.4 Å². The minimum atomic E-state index is -0.366. The number of aromatic nitrogens is 2. The number of rotatable bonds is 8. The van der Waals surface area contributed by atoms with E-state index in [-0.39, 0.29) is 17.5 Å². The van der Waals surface area contributed by atoms with Crippen LogP contribution in [0.2, 0.25) is 5.02 Å². The third-order valence-corrected chi connectivity index (χ3v) is 8.19. The second kappa shape index (κ2) is 12.8. The highest BCUT2D eigenvalue weighted by molar-refractivity contribution is 6.31. The van der Waals surface area contributed by atoms with Gasteiger partial charge in [0.1, 0.15) is 0 Å². The van der Waals surface area contributed by atoms with E-state index in [1.54, 1.807) is 29.1 Å². The number of carbonyl (C=O) groups excluding carboxylic acids is 2. The Morgan fingerprint density at radius 1 is 1.02 bits per heavy atom. The summed E-state index contributed by atoms with van der Waals surface area (Å²) in [6.07, 6.45) is 10.9. The molecular weight excluding hydrogens is 548 g/mol. The van der Waals surface area contributed by atoms with Gasteiger partial charge in [-0.15, -0.1) is 6.58 Å². The van der Waals surface area contributed by atoms with Crippen molar-refractivity contribution in [1.29, 1.82) is 0 Å². The predicted molar refractivity (Wildman–Crippen MR) is 172 cm³/mol. The summed E-state index contributed by atoms with van der Waals surface area (Å²) >= 11 is 6.39. The summed E-state index contributed by atoms with van der Waals surface area (Å²) < 4.78 is 1.65. The van der Waals surface area contributed by atoms with Gasteiger partial charge < -0.3 is 20.9 Å². The molecule has 0 spiro atoms. The van der Waals surface area contributed by atoms with Crippen LogP contribution in [0.15, 0.2) is 79.8 Å². The summed E-state index contributed by atoms with van der Waals surface area (Å²) in [5.74, 6) is 0. The van der Waals surface area contributed by atoms with Gasteiger partial charge in [0.15, 0.2) is 0 Å². The van der Waals surface area contributed by atoms with Crippen LogP contribution in [0.3, 0.4) is 0 Å². The monoisotopic (exact) mass is 584 g/mol. The van der Waals surface area contributed by atoms with Crippen LogP contribution in [-0.2, 0) is 5.41 Å². The minimum Gasteiger partial charge on any atom is -0.336 e. The van der Waals surface area contributed by atoms with E-state index in [0.717, 1.165) is 47.2 Å². The standard InChI is InChI=1S/C33H37ClN6O2/c1-4-33(2,3)28-20-25(12-13-29(28)34)38-31(41)37-24-10-8-23(9-11-24)27-22-40(30-14-15-35-21-26(27)30)32(42)36-16-19-39-17-6-5-7-18-39/h4,8-15,20-22H,1,5-7,16-19H2,2-3H3,(H,36,42)(H2,37,38,41). The molecular formula is C33H37ClN6O2. The predicted octanol–water partition coefficient (Wildman–Crippen LogP) is 7.51. The largest absolute Gasteiger partial charge is 0.336 e. The summed E-state index contributed by atoms with van der Waals surface area (Å²) in [4.78, 5) is 32.6. The minimum absolute atomic E-state index is 0.161. The van der Waals surface area contributed by atoms with Crippen molar-refractivity contribution in [3.05, 3.63) is 90.4 Å². The van der Waals surface area contributed by atoms with Crippen LogP contribution in [0.1, 0.15) is 38.7 Å². The van der Waals surface area contributed by atoms with Crippen LogP contribution in [0.5, 0.6) is 0 Å². The van der Waals surface area contributed by atoms with Crippen molar-refractivity contribution in [3.63, 3.8) is 0 Å². The van der Waals surface area contributed by atoms with E-state index in [1.807, 2.05) is 62.5 Å². The Balaban J connectivity index is 1.26. The van der Waals surface area contributed by atoms with Crippen molar-refractivity contribution in [1.82, 2.24) is 19.8 Å². The maximum atomic E-state index is 13.1. The Morgan fingerprint density at radius 3 is 2.48 bits per heavy atom. The van der Waals surface area contributed by atoms with Gasteiger partial charge in [0.25, 0.3) is 0 Å². The summed E-state index contributed by atoms with van der Waals surface area (Å²) in [7, 11) is 0. The average molecular weight is 585 g/mol. The first-order valence-corrected chi connectivity index (χ1v) is 14.7. The van der Waals surface area contributed by atoms with Crippen LogP contribution >= 0.6 is 11.6 Å². The Hall–Kier alpha value is -4.14. The lowest BCUT2D eigenvalue weighted by Crippen LogP contribution is -2.38. The number of likely N-dealkylation sites (tertiary alicyclic amines) is 1. The fourth-order valence-corrected chi connectivity index (χ4v) is 5.65. The van der Waals surface area contributed by atoms with Gasteiger partial charge in [-0.2, -0.15) is 0 Å². The number of hydrogen-bond donors (Lipinski definition) is 3. The number of benzene rings is 2. The molecule has 9 heteroatoms. The summed E-state index contributed by atoms with van der Waals surface area (Å²) in [6, 6.07) is 14.2. The Morgan fingerprint density at radius 2 is 1.74 bits per heavy atom. The van der Waals surface area contributed by atoms with Crippen molar-refractivity contribution < 1.29 is 9.59 Å². The number of halogens is 1. The molecule has 5 rings (SSSR count). The molecule has 1 aliphatic heterocycles. The topological polar surface area (TPSA) is 91.3 Å². The van der Waals surface area contributed by atoms with Crippen LogP contribution < -0.4 is 16.0 Å². The second-order valence-electron chi connectivity index (χ2n) is 11.2. The molecule has 0 bridgehead atoms. The van der Waals surface area contributed by atoms with Crippen LogP contribution in [-0.4, -0.2) is 52.7 Å². The normalized spacial score (nSPS) is 14.0. The van der Waals surface area contributed by atoms with Gasteiger partial charge in [-0.3, -0.25) is 9.55 Å². The van der Waals surface area contributed by atoms with Gasteiger partial charge in [-0.05, 0) is 73.5 Å². The molecule has 1 saturated heterocycles. The first-order valence-electron chi connectivity index (χ1n) is 14.3. The lowest BCUT2D eigenvalue weighted by Gasteiger charge is -2.26. The number of amides is 3. The fourth-order valence-electron chi connectivity index (χ4n) is 5.29. The number of pyridine rings is 1. The van der Waals surface area contributed by atoms with E-state index in [9.17, 15) is 9.59 Å². The molecule has 42 heavy (non-hydrogen) atoms. The molecule has 3 N–H and O–H groups in total. The molecule has 4 aromatic rings. The molecule has 1 fully saturated rings. The van der Waals surface area contributed by atoms with Gasteiger partial charge in [0.2, 0.25) is 0 Å². The first kappa shape index (κ1) is 29.4. The van der Waals surface area contributed by atoms with E-state index >= 15 is 0 Å². The van der Waals surface area contributed by atoms with Crippen LogP contribution in [0.25, 0.3) is 22.0 Å². The zero-order valence-corrected chi connectivity index (χ0v) is 24.9. The number of fused-ring (bicyclic) bond motifs is 1. The fraction of sp³-hybridized carbons (Fsp3) is 0.303. The molecule has 2 aromatic heterocycles. The SMILES string of the molecule is C=CC(C)(C)c1cc(NC(=O)Nc2ccc(-c3cn(C(=O)NCCN4CCCCC4)c4ccncc34)cc2)ccc1Cl. The van der Waals surface area contributed by atoms with Crippen LogP contribution in [0.4, 0.5) is 21.0 Å². The molecule has 0 radical (unpaired) electrons. The first-order chi connectivity index (χ1) is 20.2. The lowest BCUT2D eigenvalue weighted by molar-refractivity contribution is 0.221. The highest BCUT2D eigenvalue weighted by Crippen LogP contribution is 2.33.